The fourth-order valence-corrected chi connectivity index (χ4v) is 1.16. The zero-order valence-corrected chi connectivity index (χ0v) is 7.15. The van der Waals surface area contributed by atoms with Crippen molar-refractivity contribution in [1.29, 1.82) is 0 Å². The normalized spacial score (nSPS) is 10.5. The third-order valence-electron chi connectivity index (χ3n) is 1.75. The van der Waals surface area contributed by atoms with E-state index in [2.05, 4.69) is 16.9 Å². The number of rotatable bonds is 3. The first kappa shape index (κ1) is 8.27. The van der Waals surface area contributed by atoms with Gasteiger partial charge >= 0.3 is 0 Å². The van der Waals surface area contributed by atoms with Crippen LogP contribution < -0.4 is 5.73 Å². The van der Waals surface area contributed by atoms with Gasteiger partial charge in [-0.25, -0.2) is 4.98 Å². The average Bonchev–Trinajstić information content (AvgIpc) is 2.32. The molecule has 3 nitrogen and oxygen atoms in total. The molecule has 1 heterocycles. The number of nitrogens with one attached hydrogen (secondary N) is 1. The van der Waals surface area contributed by atoms with E-state index >= 15 is 0 Å². The van der Waals surface area contributed by atoms with E-state index < -0.39 is 0 Å². The lowest BCUT2D eigenvalue weighted by Crippen LogP contribution is -2.03. The summed E-state index contributed by atoms with van der Waals surface area (Å²) in [4.78, 5) is 7.59. The van der Waals surface area contributed by atoms with Crippen molar-refractivity contribution >= 4 is 0 Å². The predicted molar refractivity (Wildman–Crippen MR) is 45.5 cm³/mol. The summed E-state index contributed by atoms with van der Waals surface area (Å²) < 4.78 is 0. The summed E-state index contributed by atoms with van der Waals surface area (Å²) in [6.45, 7) is 4.82. The molecule has 0 aliphatic heterocycles. The van der Waals surface area contributed by atoms with Gasteiger partial charge in [0.15, 0.2) is 0 Å². The molecule has 0 amide bonds. The molecule has 0 aliphatic carbocycles. The fourth-order valence-electron chi connectivity index (χ4n) is 1.16. The quantitative estimate of drug-likeness (QED) is 0.674. The van der Waals surface area contributed by atoms with Crippen molar-refractivity contribution < 1.29 is 0 Å². The van der Waals surface area contributed by atoms with Gasteiger partial charge in [-0.2, -0.15) is 0 Å². The molecule has 0 unspecified atom stereocenters. The number of nitrogens with zero attached hydrogens (tertiary/aromatic N) is 1. The highest BCUT2D eigenvalue weighted by Gasteiger charge is 2.02. The number of hydrogen-bond donors (Lipinski definition) is 2. The van der Waals surface area contributed by atoms with Crippen molar-refractivity contribution in [2.45, 2.75) is 26.7 Å². The zero-order chi connectivity index (χ0) is 8.27. The van der Waals surface area contributed by atoms with Gasteiger partial charge in [-0.05, 0) is 19.9 Å². The van der Waals surface area contributed by atoms with Crippen LogP contribution in [-0.2, 0) is 12.8 Å². The van der Waals surface area contributed by atoms with Crippen LogP contribution in [0.4, 0.5) is 0 Å². The van der Waals surface area contributed by atoms with E-state index in [1.165, 1.54) is 5.69 Å². The van der Waals surface area contributed by atoms with E-state index in [0.717, 1.165) is 24.4 Å². The third kappa shape index (κ3) is 1.80. The van der Waals surface area contributed by atoms with Crippen LogP contribution in [0, 0.1) is 6.92 Å². The van der Waals surface area contributed by atoms with Crippen LogP contribution in [0.3, 0.4) is 0 Å². The molecule has 0 aromatic carbocycles. The maximum atomic E-state index is 5.40. The van der Waals surface area contributed by atoms with Crippen molar-refractivity contribution in [2.75, 3.05) is 6.54 Å². The van der Waals surface area contributed by atoms with E-state index in [1.54, 1.807) is 0 Å². The van der Waals surface area contributed by atoms with Crippen molar-refractivity contribution in [3.8, 4) is 0 Å². The SMILES string of the molecule is CCc1nc(CCN)[nH]c1C. The van der Waals surface area contributed by atoms with E-state index in [9.17, 15) is 0 Å². The average molecular weight is 153 g/mol. The molecular weight excluding hydrogens is 138 g/mol. The van der Waals surface area contributed by atoms with Gasteiger partial charge in [-0.15, -0.1) is 0 Å². The Kier molecular flexibility index (Phi) is 2.65. The van der Waals surface area contributed by atoms with Crippen molar-refractivity contribution in [2.24, 2.45) is 5.73 Å². The summed E-state index contributed by atoms with van der Waals surface area (Å²) in [5, 5.41) is 0. The number of aromatic amines is 1. The summed E-state index contributed by atoms with van der Waals surface area (Å²) in [7, 11) is 0. The number of H-pyrrole nitrogens is 1. The van der Waals surface area contributed by atoms with E-state index in [-0.39, 0.29) is 0 Å². The lowest BCUT2D eigenvalue weighted by Gasteiger charge is -1.88. The number of aryl methyl sites for hydroxylation is 2. The molecule has 1 aromatic heterocycles. The highest BCUT2D eigenvalue weighted by Crippen LogP contribution is 2.05. The molecule has 0 fully saturated rings. The van der Waals surface area contributed by atoms with Crippen molar-refractivity contribution in [1.82, 2.24) is 9.97 Å². The van der Waals surface area contributed by atoms with Gasteiger partial charge in [0, 0.05) is 12.1 Å². The summed E-state index contributed by atoms with van der Waals surface area (Å²) in [6.07, 6.45) is 1.84. The molecule has 0 saturated carbocycles. The molecular formula is C8H15N3. The van der Waals surface area contributed by atoms with E-state index in [0.29, 0.717) is 6.54 Å². The monoisotopic (exact) mass is 153 g/mol. The van der Waals surface area contributed by atoms with Gasteiger partial charge in [0.1, 0.15) is 5.82 Å². The Morgan fingerprint density at radius 3 is 2.73 bits per heavy atom. The Morgan fingerprint density at radius 2 is 2.27 bits per heavy atom. The minimum absolute atomic E-state index is 0.663. The van der Waals surface area contributed by atoms with Gasteiger partial charge < -0.3 is 10.7 Å². The molecule has 0 radical (unpaired) electrons. The molecule has 0 saturated heterocycles. The first-order chi connectivity index (χ1) is 5.27. The second-order valence-electron chi connectivity index (χ2n) is 2.65. The molecule has 3 heteroatoms. The second kappa shape index (κ2) is 3.53. The van der Waals surface area contributed by atoms with Gasteiger partial charge in [0.25, 0.3) is 0 Å². The number of aromatic nitrogens is 2. The van der Waals surface area contributed by atoms with Gasteiger partial charge in [-0.3, -0.25) is 0 Å². The number of imidazole rings is 1. The van der Waals surface area contributed by atoms with Crippen LogP contribution in [0.5, 0.6) is 0 Å². The molecule has 3 N–H and O–H groups in total. The van der Waals surface area contributed by atoms with Crippen molar-refractivity contribution in [3.05, 3.63) is 17.2 Å². The lowest BCUT2D eigenvalue weighted by molar-refractivity contribution is 0.884. The molecule has 1 rings (SSSR count). The second-order valence-corrected chi connectivity index (χ2v) is 2.65. The summed E-state index contributed by atoms with van der Waals surface area (Å²) in [5.41, 5.74) is 7.74. The Bertz CT molecular complexity index is 227. The van der Waals surface area contributed by atoms with Crippen LogP contribution in [0.2, 0.25) is 0 Å². The highest BCUT2D eigenvalue weighted by molar-refractivity contribution is 5.12. The van der Waals surface area contributed by atoms with Gasteiger partial charge in [-0.1, -0.05) is 6.92 Å². The van der Waals surface area contributed by atoms with Crippen LogP contribution in [0.1, 0.15) is 24.1 Å². The topological polar surface area (TPSA) is 54.7 Å². The first-order valence-electron chi connectivity index (χ1n) is 4.02. The Morgan fingerprint density at radius 1 is 1.55 bits per heavy atom. The molecule has 62 valence electrons. The maximum absolute atomic E-state index is 5.40. The van der Waals surface area contributed by atoms with Crippen LogP contribution >= 0.6 is 0 Å². The van der Waals surface area contributed by atoms with Crippen molar-refractivity contribution in [3.63, 3.8) is 0 Å². The lowest BCUT2D eigenvalue weighted by atomic mass is 10.3. The summed E-state index contributed by atoms with van der Waals surface area (Å²) >= 11 is 0. The fraction of sp³-hybridized carbons (Fsp3) is 0.625. The van der Waals surface area contributed by atoms with Crippen LogP contribution in [-0.4, -0.2) is 16.5 Å². The molecule has 0 bridgehead atoms. The minimum atomic E-state index is 0.663. The number of nitrogens with two attached hydrogens (primary N) is 1. The minimum Gasteiger partial charge on any atom is -0.346 e. The molecule has 0 spiro atoms. The Hall–Kier alpha value is -0.830. The van der Waals surface area contributed by atoms with Gasteiger partial charge in [0.2, 0.25) is 0 Å². The largest absolute Gasteiger partial charge is 0.346 e. The van der Waals surface area contributed by atoms with Gasteiger partial charge in [0.05, 0.1) is 5.69 Å². The molecule has 1 aromatic rings. The summed E-state index contributed by atoms with van der Waals surface area (Å²) in [5.74, 6) is 1.02. The third-order valence-corrected chi connectivity index (χ3v) is 1.75. The zero-order valence-electron chi connectivity index (χ0n) is 7.15. The first-order valence-corrected chi connectivity index (χ1v) is 4.02. The Balaban J connectivity index is 2.77. The molecule has 0 aliphatic rings. The van der Waals surface area contributed by atoms with Crippen LogP contribution in [0.15, 0.2) is 0 Å². The van der Waals surface area contributed by atoms with Crippen LogP contribution in [0.25, 0.3) is 0 Å². The molecule has 11 heavy (non-hydrogen) atoms. The smallest absolute Gasteiger partial charge is 0.107 e. The molecule has 0 atom stereocenters. The van der Waals surface area contributed by atoms with E-state index in [1.807, 2.05) is 6.92 Å². The number of hydrogen-bond acceptors (Lipinski definition) is 2. The predicted octanol–water partition coefficient (Wildman–Crippen LogP) is 0.782. The Labute approximate surface area is 67.0 Å². The van der Waals surface area contributed by atoms with E-state index in [4.69, 9.17) is 5.73 Å². The highest BCUT2D eigenvalue weighted by atomic mass is 14.9. The summed E-state index contributed by atoms with van der Waals surface area (Å²) in [6, 6.07) is 0. The standard InChI is InChI=1S/C8H15N3/c1-3-7-6(2)10-8(11-7)4-5-9/h3-5,9H2,1-2H3,(H,10,11). The maximum Gasteiger partial charge on any atom is 0.107 e.